The largest absolute Gasteiger partial charge is 0.494 e. The Morgan fingerprint density at radius 1 is 1.29 bits per heavy atom. The molecule has 0 aliphatic carbocycles. The predicted octanol–water partition coefficient (Wildman–Crippen LogP) is 2.01. The molecule has 2 aromatic rings. The van der Waals surface area contributed by atoms with Crippen LogP contribution in [0.25, 0.3) is 5.69 Å². The average Bonchev–Trinajstić information content (AvgIpc) is 2.85. The summed E-state index contributed by atoms with van der Waals surface area (Å²) in [5.41, 5.74) is 0.931. The Morgan fingerprint density at radius 3 is 2.94 bits per heavy atom. The van der Waals surface area contributed by atoms with E-state index < -0.39 is 0 Å². The van der Waals surface area contributed by atoms with Crippen molar-refractivity contribution in [1.29, 1.82) is 0 Å². The second-order valence-electron chi connectivity index (χ2n) is 3.71. The summed E-state index contributed by atoms with van der Waals surface area (Å²) in [6.07, 6.45) is 1.79. The van der Waals surface area contributed by atoms with E-state index >= 15 is 0 Å². The third kappa shape index (κ3) is 2.61. The van der Waals surface area contributed by atoms with E-state index in [4.69, 9.17) is 4.74 Å². The van der Waals surface area contributed by atoms with Gasteiger partial charge >= 0.3 is 0 Å². The fourth-order valence-electron chi connectivity index (χ4n) is 1.55. The molecule has 0 fully saturated rings. The Hall–Kier alpha value is -1.91. The molecule has 90 valence electrons. The zero-order valence-corrected chi connectivity index (χ0v) is 10.1. The van der Waals surface area contributed by atoms with Crippen molar-refractivity contribution in [3.63, 3.8) is 0 Å². The van der Waals surface area contributed by atoms with Crippen molar-refractivity contribution in [3.8, 4) is 11.4 Å². The highest BCUT2D eigenvalue weighted by Gasteiger charge is 2.06. The number of rotatable bonds is 5. The molecule has 0 bridgehead atoms. The van der Waals surface area contributed by atoms with E-state index in [1.807, 2.05) is 31.2 Å². The van der Waals surface area contributed by atoms with Gasteiger partial charge in [-0.2, -0.15) is 4.68 Å². The van der Waals surface area contributed by atoms with Gasteiger partial charge in [0.2, 0.25) is 0 Å². The fraction of sp³-hybridized carbons (Fsp3) is 0.417. The first kappa shape index (κ1) is 11.6. The minimum absolute atomic E-state index is 0.722. The lowest BCUT2D eigenvalue weighted by molar-refractivity contribution is 0.317. The first-order chi connectivity index (χ1) is 8.35. The van der Waals surface area contributed by atoms with Gasteiger partial charge in [0.1, 0.15) is 5.75 Å². The number of ether oxygens (including phenoxy) is 1. The van der Waals surface area contributed by atoms with Crippen molar-refractivity contribution in [2.24, 2.45) is 0 Å². The lowest BCUT2D eigenvalue weighted by atomic mass is 10.3. The quantitative estimate of drug-likeness (QED) is 0.791. The molecular weight excluding hydrogens is 216 g/mol. The topological polar surface area (TPSA) is 52.8 Å². The van der Waals surface area contributed by atoms with Crippen LogP contribution >= 0.6 is 0 Å². The summed E-state index contributed by atoms with van der Waals surface area (Å²) in [7, 11) is 0. The van der Waals surface area contributed by atoms with Gasteiger partial charge in [0.05, 0.1) is 12.3 Å². The molecule has 1 aromatic heterocycles. The molecule has 0 aliphatic heterocycles. The minimum atomic E-state index is 0.722. The van der Waals surface area contributed by atoms with Crippen molar-refractivity contribution in [2.75, 3.05) is 6.61 Å². The summed E-state index contributed by atoms with van der Waals surface area (Å²) >= 11 is 0. The average molecular weight is 232 g/mol. The van der Waals surface area contributed by atoms with Crippen LogP contribution in [0, 0.1) is 0 Å². The highest BCUT2D eigenvalue weighted by Crippen LogP contribution is 2.17. The molecule has 0 saturated carbocycles. The standard InChI is InChI=1S/C12H16N4O/c1-3-8-17-11-7-5-6-10(9-11)16-12(4-2)13-14-15-16/h5-7,9H,3-4,8H2,1-2H3. The Bertz CT molecular complexity index is 481. The third-order valence-corrected chi connectivity index (χ3v) is 2.39. The van der Waals surface area contributed by atoms with Crippen LogP contribution in [0.5, 0.6) is 5.75 Å². The SMILES string of the molecule is CCCOc1cccc(-n2nnnc2CC)c1. The lowest BCUT2D eigenvalue weighted by Gasteiger charge is -2.07. The number of benzene rings is 1. The molecule has 0 spiro atoms. The first-order valence-electron chi connectivity index (χ1n) is 5.85. The Balaban J connectivity index is 2.26. The Morgan fingerprint density at radius 2 is 2.18 bits per heavy atom. The van der Waals surface area contributed by atoms with Gasteiger partial charge in [0.15, 0.2) is 5.82 Å². The number of hydrogen-bond acceptors (Lipinski definition) is 4. The van der Waals surface area contributed by atoms with Crippen LogP contribution in [0.3, 0.4) is 0 Å². The summed E-state index contributed by atoms with van der Waals surface area (Å²) in [6, 6.07) is 7.80. The number of nitrogens with zero attached hydrogens (tertiary/aromatic N) is 4. The highest BCUT2D eigenvalue weighted by atomic mass is 16.5. The molecule has 0 saturated heterocycles. The van der Waals surface area contributed by atoms with Gasteiger partial charge in [0.25, 0.3) is 0 Å². The zero-order chi connectivity index (χ0) is 12.1. The summed E-state index contributed by atoms with van der Waals surface area (Å²) in [5.74, 6) is 1.69. The van der Waals surface area contributed by atoms with Crippen molar-refractivity contribution < 1.29 is 4.74 Å². The normalized spacial score (nSPS) is 10.5. The van der Waals surface area contributed by atoms with Gasteiger partial charge in [-0.1, -0.05) is 19.9 Å². The number of aromatic nitrogens is 4. The molecule has 0 unspecified atom stereocenters. The molecule has 17 heavy (non-hydrogen) atoms. The summed E-state index contributed by atoms with van der Waals surface area (Å²) in [4.78, 5) is 0. The van der Waals surface area contributed by atoms with Crippen LogP contribution in [0.1, 0.15) is 26.1 Å². The molecule has 5 heteroatoms. The van der Waals surface area contributed by atoms with Crippen LogP contribution in [-0.2, 0) is 6.42 Å². The molecule has 1 aromatic carbocycles. The fourth-order valence-corrected chi connectivity index (χ4v) is 1.55. The van der Waals surface area contributed by atoms with Crippen LogP contribution in [0.15, 0.2) is 24.3 Å². The number of tetrazole rings is 1. The van der Waals surface area contributed by atoms with E-state index in [1.54, 1.807) is 4.68 Å². The second kappa shape index (κ2) is 5.43. The smallest absolute Gasteiger partial charge is 0.156 e. The monoisotopic (exact) mass is 232 g/mol. The molecule has 0 atom stereocenters. The van der Waals surface area contributed by atoms with E-state index in [0.717, 1.165) is 36.7 Å². The van der Waals surface area contributed by atoms with Crippen LogP contribution in [0.2, 0.25) is 0 Å². The second-order valence-corrected chi connectivity index (χ2v) is 3.71. The van der Waals surface area contributed by atoms with Gasteiger partial charge in [-0.15, -0.1) is 5.10 Å². The maximum absolute atomic E-state index is 5.59. The first-order valence-corrected chi connectivity index (χ1v) is 5.85. The van der Waals surface area contributed by atoms with Crippen LogP contribution in [-0.4, -0.2) is 26.8 Å². The van der Waals surface area contributed by atoms with Crippen molar-refractivity contribution in [3.05, 3.63) is 30.1 Å². The number of aryl methyl sites for hydroxylation is 1. The third-order valence-electron chi connectivity index (χ3n) is 2.39. The van der Waals surface area contributed by atoms with Gasteiger partial charge in [0, 0.05) is 12.5 Å². The summed E-state index contributed by atoms with van der Waals surface area (Å²) in [6.45, 7) is 4.83. The molecule has 5 nitrogen and oxygen atoms in total. The molecule has 0 amide bonds. The van der Waals surface area contributed by atoms with Crippen molar-refractivity contribution >= 4 is 0 Å². The van der Waals surface area contributed by atoms with Crippen molar-refractivity contribution in [1.82, 2.24) is 20.2 Å². The maximum atomic E-state index is 5.59. The van der Waals surface area contributed by atoms with Crippen molar-refractivity contribution in [2.45, 2.75) is 26.7 Å². The van der Waals surface area contributed by atoms with E-state index in [0.29, 0.717) is 0 Å². The molecular formula is C12H16N4O. The number of hydrogen-bond donors (Lipinski definition) is 0. The minimum Gasteiger partial charge on any atom is -0.494 e. The van der Waals surface area contributed by atoms with Gasteiger partial charge < -0.3 is 4.74 Å². The van der Waals surface area contributed by atoms with E-state index in [9.17, 15) is 0 Å². The maximum Gasteiger partial charge on any atom is 0.156 e. The lowest BCUT2D eigenvalue weighted by Crippen LogP contribution is -2.03. The Labute approximate surface area is 100 Å². The van der Waals surface area contributed by atoms with Gasteiger partial charge in [-0.25, -0.2) is 0 Å². The highest BCUT2D eigenvalue weighted by molar-refractivity contribution is 5.38. The van der Waals surface area contributed by atoms with E-state index in [1.165, 1.54) is 0 Å². The zero-order valence-electron chi connectivity index (χ0n) is 10.1. The molecule has 0 aliphatic rings. The van der Waals surface area contributed by atoms with Gasteiger partial charge in [-0.3, -0.25) is 0 Å². The van der Waals surface area contributed by atoms with Crippen LogP contribution in [0.4, 0.5) is 0 Å². The van der Waals surface area contributed by atoms with E-state index in [-0.39, 0.29) is 0 Å². The molecule has 0 N–H and O–H groups in total. The van der Waals surface area contributed by atoms with Crippen LogP contribution < -0.4 is 4.74 Å². The van der Waals surface area contributed by atoms with Gasteiger partial charge in [-0.05, 0) is 29.0 Å². The molecule has 0 radical (unpaired) electrons. The molecule has 1 heterocycles. The van der Waals surface area contributed by atoms with E-state index in [2.05, 4.69) is 22.4 Å². The molecule has 2 rings (SSSR count). The summed E-state index contributed by atoms with van der Waals surface area (Å²) in [5, 5.41) is 11.6. The predicted molar refractivity (Wildman–Crippen MR) is 64.3 cm³/mol. The summed E-state index contributed by atoms with van der Waals surface area (Å²) < 4.78 is 7.32. The Kier molecular flexibility index (Phi) is 3.69.